The van der Waals surface area contributed by atoms with E-state index in [1.54, 1.807) is 0 Å². The van der Waals surface area contributed by atoms with Crippen molar-refractivity contribution in [3.63, 3.8) is 0 Å². The molecule has 2 heterocycles. The highest BCUT2D eigenvalue weighted by molar-refractivity contribution is 7.80. The van der Waals surface area contributed by atoms with Gasteiger partial charge in [-0.3, -0.25) is 4.90 Å². The summed E-state index contributed by atoms with van der Waals surface area (Å²) in [7, 11) is 0. The van der Waals surface area contributed by atoms with Crippen LogP contribution in [0.3, 0.4) is 0 Å². The Morgan fingerprint density at radius 2 is 1.97 bits per heavy atom. The number of hydrogen-bond donors (Lipinski definition) is 1. The predicted octanol–water partition coefficient (Wildman–Crippen LogP) is 5.03. The zero-order chi connectivity index (χ0) is 24.1. The summed E-state index contributed by atoms with van der Waals surface area (Å²) >= 11 is 6.05. The third kappa shape index (κ3) is 6.01. The van der Waals surface area contributed by atoms with Crippen LogP contribution in [0.5, 0.6) is 11.5 Å². The fraction of sp³-hybridized carbons (Fsp3) is 0.519. The van der Waals surface area contributed by atoms with E-state index in [4.69, 9.17) is 26.4 Å². The average Bonchev–Trinajstić information content (AvgIpc) is 2.81. The molecule has 2 aromatic carbocycles. The maximum atomic E-state index is 6.37. The predicted molar refractivity (Wildman–Crippen MR) is 141 cm³/mol. The normalized spacial score (nSPS) is 19.6. The summed E-state index contributed by atoms with van der Waals surface area (Å²) in [6, 6.07) is 14.5. The zero-order valence-corrected chi connectivity index (χ0v) is 21.6. The maximum Gasteiger partial charge on any atom is 0.173 e. The Balaban J connectivity index is 1.65. The van der Waals surface area contributed by atoms with Gasteiger partial charge in [0, 0.05) is 43.9 Å². The van der Waals surface area contributed by atoms with Gasteiger partial charge in [0.15, 0.2) is 5.11 Å². The number of nitrogens with one attached hydrogen (secondary N) is 1. The molecule has 184 valence electrons. The number of thiocarbonyl (C=S) groups is 1. The van der Waals surface area contributed by atoms with Crippen LogP contribution in [0.15, 0.2) is 42.5 Å². The van der Waals surface area contributed by atoms with Crippen molar-refractivity contribution in [3.05, 3.63) is 53.6 Å². The van der Waals surface area contributed by atoms with E-state index < -0.39 is 0 Å². The second kappa shape index (κ2) is 10.9. The molecule has 2 aliphatic heterocycles. The first kappa shape index (κ1) is 24.8. The van der Waals surface area contributed by atoms with Gasteiger partial charge in [-0.05, 0) is 69.7 Å². The summed E-state index contributed by atoms with van der Waals surface area (Å²) in [5.41, 5.74) is 3.03. The first-order valence-electron chi connectivity index (χ1n) is 12.3. The molecule has 0 saturated carbocycles. The Labute approximate surface area is 209 Å². The molecule has 0 amide bonds. The molecule has 1 fully saturated rings. The largest absolute Gasteiger partial charge is 0.494 e. The summed E-state index contributed by atoms with van der Waals surface area (Å²) in [6.07, 6.45) is 0.828. The first-order chi connectivity index (χ1) is 16.4. The van der Waals surface area contributed by atoms with Gasteiger partial charge in [-0.25, -0.2) is 0 Å². The Bertz CT molecular complexity index is 991. The van der Waals surface area contributed by atoms with Crippen LogP contribution in [0.25, 0.3) is 0 Å². The molecule has 4 rings (SSSR count). The molecule has 2 aliphatic rings. The number of fused-ring (bicyclic) bond motifs is 1. The van der Waals surface area contributed by atoms with Crippen LogP contribution in [0, 0.1) is 6.92 Å². The second-order valence-corrected chi connectivity index (χ2v) is 9.99. The number of hydrogen-bond acceptors (Lipinski definition) is 5. The minimum atomic E-state index is -0.305. The van der Waals surface area contributed by atoms with Crippen LogP contribution < -0.4 is 14.8 Å². The Morgan fingerprint density at radius 1 is 1.21 bits per heavy atom. The number of benzene rings is 2. The van der Waals surface area contributed by atoms with Crippen molar-refractivity contribution in [2.75, 3.05) is 51.3 Å². The Kier molecular flexibility index (Phi) is 7.96. The zero-order valence-electron chi connectivity index (χ0n) is 20.8. The van der Waals surface area contributed by atoms with Crippen molar-refractivity contribution >= 4 is 23.0 Å². The van der Waals surface area contributed by atoms with E-state index in [2.05, 4.69) is 54.1 Å². The van der Waals surface area contributed by atoms with Crippen LogP contribution in [0.4, 0.5) is 5.69 Å². The molecule has 7 heteroatoms. The van der Waals surface area contributed by atoms with E-state index >= 15 is 0 Å². The molecule has 0 aliphatic carbocycles. The quantitative estimate of drug-likeness (QED) is 0.555. The van der Waals surface area contributed by atoms with Crippen LogP contribution in [-0.2, 0) is 4.74 Å². The van der Waals surface area contributed by atoms with Crippen molar-refractivity contribution in [2.24, 2.45) is 0 Å². The first-order valence-corrected chi connectivity index (χ1v) is 12.7. The molecule has 0 spiro atoms. The van der Waals surface area contributed by atoms with Crippen LogP contribution in [-0.4, -0.2) is 66.5 Å². The van der Waals surface area contributed by atoms with Gasteiger partial charge in [0.25, 0.3) is 0 Å². The lowest BCUT2D eigenvalue weighted by Gasteiger charge is -2.44. The van der Waals surface area contributed by atoms with E-state index in [-0.39, 0.29) is 11.6 Å². The van der Waals surface area contributed by atoms with Gasteiger partial charge in [0.1, 0.15) is 17.1 Å². The van der Waals surface area contributed by atoms with Crippen molar-refractivity contribution in [3.8, 4) is 11.5 Å². The molecule has 0 aromatic heterocycles. The van der Waals surface area contributed by atoms with E-state index in [1.807, 2.05) is 31.2 Å². The Morgan fingerprint density at radius 3 is 2.71 bits per heavy atom. The van der Waals surface area contributed by atoms with E-state index in [0.29, 0.717) is 6.61 Å². The third-order valence-corrected chi connectivity index (χ3v) is 6.84. The van der Waals surface area contributed by atoms with E-state index in [9.17, 15) is 0 Å². The number of para-hydroxylation sites is 1. The number of morpholine rings is 1. The highest BCUT2D eigenvalue weighted by Crippen LogP contribution is 2.44. The summed E-state index contributed by atoms with van der Waals surface area (Å²) in [5.74, 6) is 1.76. The molecule has 34 heavy (non-hydrogen) atoms. The minimum Gasteiger partial charge on any atom is -0.494 e. The average molecular weight is 484 g/mol. The molecule has 0 unspecified atom stereocenters. The summed E-state index contributed by atoms with van der Waals surface area (Å²) in [4.78, 5) is 4.80. The smallest absolute Gasteiger partial charge is 0.173 e. The van der Waals surface area contributed by atoms with Crippen molar-refractivity contribution in [2.45, 2.75) is 45.8 Å². The lowest BCUT2D eigenvalue weighted by molar-refractivity contribution is 0.0266. The lowest BCUT2D eigenvalue weighted by Crippen LogP contribution is -2.48. The number of nitrogens with zero attached hydrogens (tertiary/aromatic N) is 2. The monoisotopic (exact) mass is 483 g/mol. The fourth-order valence-corrected chi connectivity index (χ4v) is 5.03. The van der Waals surface area contributed by atoms with E-state index in [1.165, 1.54) is 5.56 Å². The van der Waals surface area contributed by atoms with E-state index in [0.717, 1.165) is 73.7 Å². The molecular weight excluding hydrogens is 446 g/mol. The lowest BCUT2D eigenvalue weighted by atomic mass is 9.88. The fourth-order valence-electron chi connectivity index (χ4n) is 4.70. The number of anilines is 1. The topological polar surface area (TPSA) is 46.2 Å². The molecule has 0 radical (unpaired) electrons. The number of ether oxygens (including phenoxy) is 3. The molecule has 0 bridgehead atoms. The third-order valence-electron chi connectivity index (χ3n) is 6.51. The van der Waals surface area contributed by atoms with Crippen molar-refractivity contribution in [1.82, 2.24) is 9.80 Å². The highest BCUT2D eigenvalue weighted by atomic mass is 32.1. The van der Waals surface area contributed by atoms with Crippen LogP contribution >= 0.6 is 12.2 Å². The summed E-state index contributed by atoms with van der Waals surface area (Å²) < 4.78 is 17.8. The minimum absolute atomic E-state index is 0.0733. The SMILES string of the molecule is CCOc1ccc2c(c1)[C@H](N(CCN1CCOCC1)C(=S)Nc1ccccc1C)CC(C)(C)O2. The summed E-state index contributed by atoms with van der Waals surface area (Å²) in [5, 5.41) is 4.27. The molecule has 1 saturated heterocycles. The van der Waals surface area contributed by atoms with Gasteiger partial charge in [-0.1, -0.05) is 18.2 Å². The molecule has 2 aromatic rings. The van der Waals surface area contributed by atoms with Crippen molar-refractivity contribution < 1.29 is 14.2 Å². The molecule has 1 N–H and O–H groups in total. The van der Waals surface area contributed by atoms with Gasteiger partial charge >= 0.3 is 0 Å². The standard InChI is InChI=1S/C27H37N3O3S/c1-5-32-21-10-11-25-22(18-21)24(19-27(3,4)33-25)30(13-12-29-14-16-31-17-15-29)26(34)28-23-9-7-6-8-20(23)2/h6-11,18,24H,5,12-17,19H2,1-4H3,(H,28,34)/t24-/m1/s1. The van der Waals surface area contributed by atoms with Gasteiger partial charge in [0.2, 0.25) is 0 Å². The van der Waals surface area contributed by atoms with Crippen LogP contribution in [0.2, 0.25) is 0 Å². The van der Waals surface area contributed by atoms with Gasteiger partial charge < -0.3 is 24.4 Å². The number of aryl methyl sites for hydroxylation is 1. The molecule has 6 nitrogen and oxygen atoms in total. The second-order valence-electron chi connectivity index (χ2n) is 9.61. The highest BCUT2D eigenvalue weighted by Gasteiger charge is 2.38. The molecular formula is C27H37N3O3S. The summed E-state index contributed by atoms with van der Waals surface area (Å²) in [6.45, 7) is 14.3. The van der Waals surface area contributed by atoms with Crippen molar-refractivity contribution in [1.29, 1.82) is 0 Å². The van der Waals surface area contributed by atoms with Gasteiger partial charge in [0.05, 0.1) is 25.9 Å². The van der Waals surface area contributed by atoms with Crippen LogP contribution in [0.1, 0.15) is 44.4 Å². The maximum absolute atomic E-state index is 6.37. The Hall–Kier alpha value is -2.35. The molecule has 1 atom stereocenters. The van der Waals surface area contributed by atoms with Gasteiger partial charge in [-0.15, -0.1) is 0 Å². The number of rotatable bonds is 7. The van der Waals surface area contributed by atoms with Gasteiger partial charge in [-0.2, -0.15) is 0 Å².